The highest BCUT2D eigenvalue weighted by atomic mass is 79.9. The van der Waals surface area contributed by atoms with Crippen LogP contribution in [-0.2, 0) is 0 Å². The van der Waals surface area contributed by atoms with Gasteiger partial charge in [0.05, 0.1) is 17.9 Å². The zero-order valence-electron chi connectivity index (χ0n) is 11.0. The summed E-state index contributed by atoms with van der Waals surface area (Å²) in [5, 5.41) is 9.12. The van der Waals surface area contributed by atoms with Crippen LogP contribution >= 0.6 is 15.9 Å². The van der Waals surface area contributed by atoms with Crippen LogP contribution in [0.2, 0.25) is 0 Å². The van der Waals surface area contributed by atoms with Gasteiger partial charge in [-0.3, -0.25) is 9.69 Å². The molecule has 1 saturated heterocycles. The van der Waals surface area contributed by atoms with E-state index < -0.39 is 5.54 Å². The second kappa shape index (κ2) is 5.35. The Hall–Kier alpha value is -1.32. The molecule has 19 heavy (non-hydrogen) atoms. The number of nitrogens with zero attached hydrogens (tertiary/aromatic N) is 3. The van der Waals surface area contributed by atoms with Gasteiger partial charge in [0.1, 0.15) is 5.54 Å². The maximum atomic E-state index is 12.3. The minimum Gasteiger partial charge on any atom is -0.457 e. The van der Waals surface area contributed by atoms with Gasteiger partial charge in [0.2, 0.25) is 0 Å². The van der Waals surface area contributed by atoms with Crippen LogP contribution in [0.15, 0.2) is 21.4 Å². The normalized spacial score (nSPS) is 17.3. The lowest BCUT2D eigenvalue weighted by Gasteiger charge is -2.40. The second-order valence-electron chi connectivity index (χ2n) is 5.06. The summed E-state index contributed by atoms with van der Waals surface area (Å²) in [5.41, 5.74) is 0.0683. The summed E-state index contributed by atoms with van der Waals surface area (Å²) in [4.78, 5) is 16.1. The Morgan fingerprint density at radius 3 is 2.53 bits per heavy atom. The fourth-order valence-electron chi connectivity index (χ4n) is 2.16. The van der Waals surface area contributed by atoms with Crippen molar-refractivity contribution >= 4 is 21.8 Å². The molecule has 0 atom stereocenters. The van der Waals surface area contributed by atoms with Crippen molar-refractivity contribution in [1.29, 1.82) is 5.26 Å². The maximum Gasteiger partial charge on any atom is 0.258 e. The van der Waals surface area contributed by atoms with Crippen LogP contribution < -0.4 is 0 Å². The van der Waals surface area contributed by atoms with Crippen molar-refractivity contribution < 1.29 is 9.21 Å². The van der Waals surface area contributed by atoms with Gasteiger partial charge >= 0.3 is 0 Å². The Balaban J connectivity index is 2.00. The van der Waals surface area contributed by atoms with E-state index in [1.165, 1.54) is 6.26 Å². The maximum absolute atomic E-state index is 12.3. The number of amides is 1. The van der Waals surface area contributed by atoms with E-state index in [1.54, 1.807) is 11.0 Å². The van der Waals surface area contributed by atoms with E-state index in [1.807, 2.05) is 13.8 Å². The lowest BCUT2D eigenvalue weighted by Crippen LogP contribution is -2.55. The quantitative estimate of drug-likeness (QED) is 0.835. The van der Waals surface area contributed by atoms with Crippen molar-refractivity contribution in [2.24, 2.45) is 0 Å². The first kappa shape index (κ1) is 14.1. The number of halogens is 1. The van der Waals surface area contributed by atoms with Gasteiger partial charge in [0.15, 0.2) is 4.67 Å². The summed E-state index contributed by atoms with van der Waals surface area (Å²) < 4.78 is 5.55. The highest BCUT2D eigenvalue weighted by Gasteiger charge is 2.32. The molecule has 1 fully saturated rings. The molecule has 102 valence electrons. The zero-order valence-corrected chi connectivity index (χ0v) is 12.6. The zero-order chi connectivity index (χ0) is 14.0. The molecule has 1 aliphatic heterocycles. The molecule has 0 saturated carbocycles. The van der Waals surface area contributed by atoms with Crippen molar-refractivity contribution in [2.45, 2.75) is 19.4 Å². The Labute approximate surface area is 120 Å². The Morgan fingerprint density at radius 1 is 1.42 bits per heavy atom. The van der Waals surface area contributed by atoms with Crippen LogP contribution in [0.1, 0.15) is 24.2 Å². The molecule has 0 spiro atoms. The van der Waals surface area contributed by atoms with Crippen LogP contribution in [0, 0.1) is 11.3 Å². The molecule has 0 N–H and O–H groups in total. The predicted molar refractivity (Wildman–Crippen MR) is 73.6 cm³/mol. The monoisotopic (exact) mass is 325 g/mol. The largest absolute Gasteiger partial charge is 0.457 e. The van der Waals surface area contributed by atoms with Crippen molar-refractivity contribution in [1.82, 2.24) is 9.80 Å². The van der Waals surface area contributed by atoms with Crippen LogP contribution in [-0.4, -0.2) is 47.4 Å². The van der Waals surface area contributed by atoms with Crippen molar-refractivity contribution in [2.75, 3.05) is 26.2 Å². The molecule has 5 nitrogen and oxygen atoms in total. The number of furan rings is 1. The summed E-state index contributed by atoms with van der Waals surface area (Å²) in [5.74, 6) is -0.0324. The van der Waals surface area contributed by atoms with Crippen LogP contribution in [0.5, 0.6) is 0 Å². The van der Waals surface area contributed by atoms with E-state index in [0.29, 0.717) is 36.4 Å². The van der Waals surface area contributed by atoms with Gasteiger partial charge in [-0.25, -0.2) is 0 Å². The lowest BCUT2D eigenvalue weighted by molar-refractivity contribution is 0.0519. The number of hydrogen-bond donors (Lipinski definition) is 0. The van der Waals surface area contributed by atoms with E-state index >= 15 is 0 Å². The van der Waals surface area contributed by atoms with Gasteiger partial charge in [0, 0.05) is 26.2 Å². The van der Waals surface area contributed by atoms with Gasteiger partial charge in [-0.05, 0) is 35.8 Å². The smallest absolute Gasteiger partial charge is 0.258 e. The molecule has 0 aromatic carbocycles. The van der Waals surface area contributed by atoms with Gasteiger partial charge in [-0.2, -0.15) is 5.26 Å². The molecule has 1 aromatic rings. The SMILES string of the molecule is CC(C)(C#N)N1CCN(C(=O)c2ccoc2Br)CC1. The topological polar surface area (TPSA) is 60.5 Å². The highest BCUT2D eigenvalue weighted by Crippen LogP contribution is 2.21. The summed E-state index contributed by atoms with van der Waals surface area (Å²) in [6.45, 7) is 6.47. The average molecular weight is 326 g/mol. The minimum atomic E-state index is -0.481. The first-order valence-electron chi connectivity index (χ1n) is 6.14. The van der Waals surface area contributed by atoms with E-state index in [2.05, 4.69) is 26.9 Å². The molecule has 0 unspecified atom stereocenters. The number of rotatable bonds is 2. The molecule has 6 heteroatoms. The molecule has 2 heterocycles. The van der Waals surface area contributed by atoms with Gasteiger partial charge in [0.25, 0.3) is 5.91 Å². The van der Waals surface area contributed by atoms with E-state index in [9.17, 15) is 4.79 Å². The van der Waals surface area contributed by atoms with Crippen molar-refractivity contribution in [3.05, 3.63) is 22.6 Å². The molecular weight excluding hydrogens is 310 g/mol. The van der Waals surface area contributed by atoms with Crippen molar-refractivity contribution in [3.63, 3.8) is 0 Å². The number of carbonyl (C=O) groups is 1. The number of carbonyl (C=O) groups excluding carboxylic acids is 1. The molecular formula is C13H16BrN3O2. The van der Waals surface area contributed by atoms with Crippen LogP contribution in [0.4, 0.5) is 0 Å². The summed E-state index contributed by atoms with van der Waals surface area (Å²) in [7, 11) is 0. The standard InChI is InChI=1S/C13H16BrN3O2/c1-13(2,9-15)17-6-4-16(5-7-17)12(18)10-3-8-19-11(10)14/h3,8H,4-7H2,1-2H3. The fraction of sp³-hybridized carbons (Fsp3) is 0.538. The lowest BCUT2D eigenvalue weighted by atomic mass is 10.0. The molecule has 0 radical (unpaired) electrons. The summed E-state index contributed by atoms with van der Waals surface area (Å²) in [6, 6.07) is 3.96. The molecule has 1 aromatic heterocycles. The first-order valence-corrected chi connectivity index (χ1v) is 6.93. The third-order valence-corrected chi connectivity index (χ3v) is 4.09. The third kappa shape index (κ3) is 2.82. The van der Waals surface area contributed by atoms with Gasteiger partial charge < -0.3 is 9.32 Å². The third-order valence-electron chi connectivity index (χ3n) is 3.48. The number of hydrogen-bond acceptors (Lipinski definition) is 4. The Morgan fingerprint density at radius 2 is 2.05 bits per heavy atom. The van der Waals surface area contributed by atoms with E-state index in [0.717, 1.165) is 0 Å². The van der Waals surface area contributed by atoms with Gasteiger partial charge in [-0.15, -0.1) is 0 Å². The first-order chi connectivity index (χ1) is 8.95. The summed E-state index contributed by atoms with van der Waals surface area (Å²) >= 11 is 3.22. The Bertz CT molecular complexity index is 510. The number of nitriles is 1. The molecule has 1 amide bonds. The van der Waals surface area contributed by atoms with E-state index in [-0.39, 0.29) is 5.91 Å². The Kier molecular flexibility index (Phi) is 3.97. The van der Waals surface area contributed by atoms with Crippen molar-refractivity contribution in [3.8, 4) is 6.07 Å². The predicted octanol–water partition coefficient (Wildman–Crippen LogP) is 2.10. The molecule has 0 aliphatic carbocycles. The molecule has 0 bridgehead atoms. The fourth-order valence-corrected chi connectivity index (χ4v) is 2.57. The van der Waals surface area contributed by atoms with Crippen LogP contribution in [0.25, 0.3) is 0 Å². The average Bonchev–Trinajstić information content (AvgIpc) is 2.84. The molecule has 1 aliphatic rings. The highest BCUT2D eigenvalue weighted by molar-refractivity contribution is 9.10. The van der Waals surface area contributed by atoms with Crippen LogP contribution in [0.3, 0.4) is 0 Å². The van der Waals surface area contributed by atoms with Gasteiger partial charge in [-0.1, -0.05) is 0 Å². The summed E-state index contributed by atoms with van der Waals surface area (Å²) in [6.07, 6.45) is 1.49. The second-order valence-corrected chi connectivity index (χ2v) is 5.78. The van der Waals surface area contributed by atoms with E-state index in [4.69, 9.17) is 9.68 Å². The number of piperazine rings is 1. The minimum absolute atomic E-state index is 0.0324. The molecule has 2 rings (SSSR count).